The second-order valence-corrected chi connectivity index (χ2v) is 7.72. The van der Waals surface area contributed by atoms with E-state index in [4.69, 9.17) is 9.26 Å². The molecule has 1 aliphatic heterocycles. The SMILES string of the molecule is COC(=O)CCCC(=O)NC[C@H]1O[C@@H](Cc2nc(-c3ccc(OC(F)(F)F)cc3)no2)[C@H](O)[C@@H]1O. The number of carbonyl (C=O) groups excluding carboxylic acids is 2. The molecule has 4 atom stereocenters. The number of esters is 1. The highest BCUT2D eigenvalue weighted by Crippen LogP contribution is 2.27. The van der Waals surface area contributed by atoms with E-state index in [0.29, 0.717) is 12.0 Å². The summed E-state index contributed by atoms with van der Waals surface area (Å²) in [6, 6.07) is 4.86. The zero-order chi connectivity index (χ0) is 25.6. The van der Waals surface area contributed by atoms with Gasteiger partial charge in [0.15, 0.2) is 0 Å². The quantitative estimate of drug-likeness (QED) is 0.402. The van der Waals surface area contributed by atoms with Gasteiger partial charge in [0.1, 0.15) is 24.1 Å². The van der Waals surface area contributed by atoms with E-state index in [1.807, 2.05) is 0 Å². The molecule has 1 aliphatic rings. The molecule has 0 spiro atoms. The molecule has 1 saturated heterocycles. The number of nitrogens with one attached hydrogen (secondary N) is 1. The third-order valence-electron chi connectivity index (χ3n) is 5.16. The number of ether oxygens (including phenoxy) is 3. The number of rotatable bonds is 10. The number of nitrogens with zero attached hydrogens (tertiary/aromatic N) is 2. The number of aromatic nitrogens is 2. The van der Waals surface area contributed by atoms with Gasteiger partial charge in [0.2, 0.25) is 17.6 Å². The van der Waals surface area contributed by atoms with Crippen LogP contribution in [-0.2, 0) is 25.5 Å². The van der Waals surface area contributed by atoms with Crippen LogP contribution in [0, 0.1) is 0 Å². The fourth-order valence-corrected chi connectivity index (χ4v) is 3.39. The molecule has 1 aromatic carbocycles. The molecular weight excluding hydrogens is 479 g/mol. The van der Waals surface area contributed by atoms with Crippen molar-refractivity contribution < 1.29 is 51.7 Å². The number of carbonyl (C=O) groups is 2. The molecule has 1 amide bonds. The van der Waals surface area contributed by atoms with Crippen LogP contribution in [-0.4, -0.2) is 76.7 Å². The molecular formula is C21H24F3N3O8. The highest BCUT2D eigenvalue weighted by atomic mass is 19.4. The summed E-state index contributed by atoms with van der Waals surface area (Å²) in [5.41, 5.74) is 0.371. The molecule has 1 fully saturated rings. The van der Waals surface area contributed by atoms with Crippen molar-refractivity contribution in [1.82, 2.24) is 15.5 Å². The van der Waals surface area contributed by atoms with E-state index in [0.717, 1.165) is 12.1 Å². The zero-order valence-corrected chi connectivity index (χ0v) is 18.5. The molecule has 0 unspecified atom stereocenters. The van der Waals surface area contributed by atoms with Crippen molar-refractivity contribution >= 4 is 11.9 Å². The van der Waals surface area contributed by atoms with Crippen molar-refractivity contribution in [2.24, 2.45) is 0 Å². The van der Waals surface area contributed by atoms with Gasteiger partial charge in [0.25, 0.3) is 0 Å². The summed E-state index contributed by atoms with van der Waals surface area (Å²) in [7, 11) is 1.26. The number of amides is 1. The number of benzene rings is 1. The number of aliphatic hydroxyl groups is 2. The molecule has 2 heterocycles. The van der Waals surface area contributed by atoms with Crippen molar-refractivity contribution in [2.75, 3.05) is 13.7 Å². The van der Waals surface area contributed by atoms with Crippen LogP contribution in [0.25, 0.3) is 11.4 Å². The number of alkyl halides is 3. The third kappa shape index (κ3) is 7.63. The van der Waals surface area contributed by atoms with Crippen molar-refractivity contribution in [3.8, 4) is 17.1 Å². The largest absolute Gasteiger partial charge is 0.573 e. The lowest BCUT2D eigenvalue weighted by Crippen LogP contribution is -2.39. The Kier molecular flexibility index (Phi) is 8.64. The first kappa shape index (κ1) is 26.4. The Bertz CT molecular complexity index is 998. The molecule has 11 nitrogen and oxygen atoms in total. The van der Waals surface area contributed by atoms with Crippen LogP contribution < -0.4 is 10.1 Å². The highest BCUT2D eigenvalue weighted by molar-refractivity contribution is 5.77. The van der Waals surface area contributed by atoms with Gasteiger partial charge >= 0.3 is 12.3 Å². The van der Waals surface area contributed by atoms with Crippen molar-refractivity contribution in [3.05, 3.63) is 30.2 Å². The fourth-order valence-electron chi connectivity index (χ4n) is 3.39. The molecule has 35 heavy (non-hydrogen) atoms. The number of aliphatic hydroxyl groups excluding tert-OH is 2. The predicted molar refractivity (Wildman–Crippen MR) is 110 cm³/mol. The average molecular weight is 503 g/mol. The summed E-state index contributed by atoms with van der Waals surface area (Å²) in [5.74, 6) is -1.00. The first-order valence-electron chi connectivity index (χ1n) is 10.6. The molecule has 0 aliphatic carbocycles. The standard InChI is InChI=1S/C21H24F3N3O8/c1-32-17(29)4-2-3-15(28)25-10-14-19(31)18(30)13(33-14)9-16-26-20(27-35-16)11-5-7-12(8-6-11)34-21(22,23)24/h5-8,13-14,18-19,30-31H,2-4,9-10H2,1H3,(H,25,28)/t13-,14+,18-,19+/m0/s1. The normalized spacial score (nSPS) is 22.1. The van der Waals surface area contributed by atoms with Gasteiger partial charge in [-0.1, -0.05) is 5.16 Å². The van der Waals surface area contributed by atoms with Gasteiger partial charge in [-0.3, -0.25) is 9.59 Å². The molecule has 3 N–H and O–H groups in total. The molecule has 2 aromatic rings. The van der Waals surface area contributed by atoms with E-state index in [2.05, 4.69) is 24.9 Å². The highest BCUT2D eigenvalue weighted by Gasteiger charge is 2.43. The molecule has 0 bridgehead atoms. The Balaban J connectivity index is 1.50. The summed E-state index contributed by atoms with van der Waals surface area (Å²) < 4.78 is 55.9. The molecule has 0 radical (unpaired) electrons. The molecule has 1 aromatic heterocycles. The second kappa shape index (κ2) is 11.5. The topological polar surface area (TPSA) is 153 Å². The smallest absolute Gasteiger partial charge is 0.469 e. The minimum Gasteiger partial charge on any atom is -0.469 e. The van der Waals surface area contributed by atoms with Gasteiger partial charge in [-0.05, 0) is 30.7 Å². The molecule has 3 rings (SSSR count). The van der Waals surface area contributed by atoms with Gasteiger partial charge in [-0.25, -0.2) is 0 Å². The van der Waals surface area contributed by atoms with E-state index in [-0.39, 0.29) is 43.4 Å². The fraction of sp³-hybridized carbons (Fsp3) is 0.524. The lowest BCUT2D eigenvalue weighted by Gasteiger charge is -2.15. The maximum atomic E-state index is 12.3. The van der Waals surface area contributed by atoms with Crippen LogP contribution in [0.1, 0.15) is 25.2 Å². The van der Waals surface area contributed by atoms with E-state index < -0.39 is 42.5 Å². The Morgan fingerprint density at radius 2 is 1.80 bits per heavy atom. The first-order chi connectivity index (χ1) is 16.6. The number of hydrogen-bond acceptors (Lipinski definition) is 10. The van der Waals surface area contributed by atoms with E-state index in [1.165, 1.54) is 19.2 Å². The van der Waals surface area contributed by atoms with Crippen LogP contribution in [0.4, 0.5) is 13.2 Å². The second-order valence-electron chi connectivity index (χ2n) is 7.72. The Hall–Kier alpha value is -3.23. The lowest BCUT2D eigenvalue weighted by molar-refractivity contribution is -0.274. The van der Waals surface area contributed by atoms with E-state index in [1.54, 1.807) is 0 Å². The maximum absolute atomic E-state index is 12.3. The monoisotopic (exact) mass is 503 g/mol. The Morgan fingerprint density at radius 3 is 2.46 bits per heavy atom. The van der Waals surface area contributed by atoms with Gasteiger partial charge < -0.3 is 34.3 Å². The zero-order valence-electron chi connectivity index (χ0n) is 18.5. The van der Waals surface area contributed by atoms with Gasteiger partial charge in [0, 0.05) is 24.9 Å². The van der Waals surface area contributed by atoms with Crippen molar-refractivity contribution in [1.29, 1.82) is 0 Å². The average Bonchev–Trinajstić information content (AvgIpc) is 3.37. The summed E-state index contributed by atoms with van der Waals surface area (Å²) in [6.07, 6.45) is -8.73. The van der Waals surface area contributed by atoms with E-state index >= 15 is 0 Å². The lowest BCUT2D eigenvalue weighted by atomic mass is 10.1. The summed E-state index contributed by atoms with van der Waals surface area (Å²) in [6.45, 7) is -0.0623. The molecule has 0 saturated carbocycles. The molecule has 192 valence electrons. The van der Waals surface area contributed by atoms with Crippen LogP contribution >= 0.6 is 0 Å². The van der Waals surface area contributed by atoms with Gasteiger partial charge in [-0.15, -0.1) is 13.2 Å². The third-order valence-corrected chi connectivity index (χ3v) is 5.16. The van der Waals surface area contributed by atoms with E-state index in [9.17, 15) is 33.0 Å². The predicted octanol–water partition coefficient (Wildman–Crippen LogP) is 1.13. The van der Waals surface area contributed by atoms with Crippen LogP contribution in [0.5, 0.6) is 5.75 Å². The minimum absolute atomic E-state index is 0.0515. The van der Waals surface area contributed by atoms with Crippen LogP contribution in [0.3, 0.4) is 0 Å². The summed E-state index contributed by atoms with van der Waals surface area (Å²) in [5, 5.41) is 26.9. The maximum Gasteiger partial charge on any atom is 0.573 e. The van der Waals surface area contributed by atoms with Crippen LogP contribution in [0.15, 0.2) is 28.8 Å². The number of methoxy groups -OCH3 is 1. The first-order valence-corrected chi connectivity index (χ1v) is 10.6. The van der Waals surface area contributed by atoms with Gasteiger partial charge in [0.05, 0.1) is 19.6 Å². The Labute approximate surface area is 197 Å². The summed E-state index contributed by atoms with van der Waals surface area (Å²) in [4.78, 5) is 27.1. The number of halogens is 3. The Morgan fingerprint density at radius 1 is 1.11 bits per heavy atom. The van der Waals surface area contributed by atoms with Crippen molar-refractivity contribution in [3.63, 3.8) is 0 Å². The summed E-state index contributed by atoms with van der Waals surface area (Å²) >= 11 is 0. The number of hydrogen-bond donors (Lipinski definition) is 3. The van der Waals surface area contributed by atoms with Crippen LogP contribution in [0.2, 0.25) is 0 Å². The minimum atomic E-state index is -4.81. The van der Waals surface area contributed by atoms with Crippen molar-refractivity contribution in [2.45, 2.75) is 56.5 Å². The molecule has 14 heteroatoms. The van der Waals surface area contributed by atoms with Gasteiger partial charge in [-0.2, -0.15) is 4.98 Å².